The van der Waals surface area contributed by atoms with Gasteiger partial charge in [-0.15, -0.1) is 0 Å². The minimum atomic E-state index is -4.22. The average Bonchev–Trinajstić information content (AvgIpc) is 3.09. The Kier molecular flexibility index (Phi) is 5.28. The molecule has 0 bridgehead atoms. The number of hydrogen-bond donors (Lipinski definition) is 1. The quantitative estimate of drug-likeness (QED) is 0.345. The molecule has 7 nitrogen and oxygen atoms in total. The molecule has 10 heteroatoms. The van der Waals surface area contributed by atoms with E-state index in [0.717, 1.165) is 5.56 Å². The van der Waals surface area contributed by atoms with Crippen molar-refractivity contribution in [2.24, 2.45) is 5.10 Å². The summed E-state index contributed by atoms with van der Waals surface area (Å²) in [5, 5.41) is 4.66. The first kappa shape index (κ1) is 21.4. The van der Waals surface area contributed by atoms with E-state index in [4.69, 9.17) is 28.9 Å². The molecular formula is C23H15Cl2N5O2S. The van der Waals surface area contributed by atoms with Gasteiger partial charge in [-0.3, -0.25) is 0 Å². The van der Waals surface area contributed by atoms with Crippen LogP contribution in [-0.2, 0) is 9.84 Å². The van der Waals surface area contributed by atoms with E-state index in [0.29, 0.717) is 11.0 Å². The summed E-state index contributed by atoms with van der Waals surface area (Å²) in [7, 11) is -4.22. The van der Waals surface area contributed by atoms with E-state index >= 15 is 0 Å². The third-order valence-corrected chi connectivity index (χ3v) is 7.54. The lowest BCUT2D eigenvalue weighted by atomic mass is 10.2. The van der Waals surface area contributed by atoms with Crippen LogP contribution in [0.1, 0.15) is 5.56 Å². The standard InChI is InChI=1S/C23H15Cl2N5O2S/c24-15-10-11-16(25)19(12-15)33(31,32)21-20-23(29-18-9-5-4-8-17(18)28-20)30(22(21)26)27-13-14-6-2-1-3-7-14/h1-13H,26H2/b27-13-. The zero-order chi connectivity index (χ0) is 23.2. The molecular weight excluding hydrogens is 481 g/mol. The molecule has 0 unspecified atom stereocenters. The number of nitrogens with zero attached hydrogens (tertiary/aromatic N) is 4. The van der Waals surface area contributed by atoms with Gasteiger partial charge in [0, 0.05) is 5.02 Å². The van der Waals surface area contributed by atoms with Crippen molar-refractivity contribution in [3.05, 3.63) is 88.4 Å². The zero-order valence-corrected chi connectivity index (χ0v) is 19.2. The van der Waals surface area contributed by atoms with E-state index in [-0.39, 0.29) is 36.8 Å². The molecule has 0 spiro atoms. The summed E-state index contributed by atoms with van der Waals surface area (Å²) in [4.78, 5) is 8.76. The number of benzene rings is 3. The number of fused-ring (bicyclic) bond motifs is 2. The van der Waals surface area contributed by atoms with Crippen LogP contribution in [0.3, 0.4) is 0 Å². The van der Waals surface area contributed by atoms with Crippen LogP contribution >= 0.6 is 23.2 Å². The lowest BCUT2D eigenvalue weighted by Gasteiger charge is -2.07. The van der Waals surface area contributed by atoms with Crippen LogP contribution in [0.5, 0.6) is 0 Å². The molecule has 2 heterocycles. The van der Waals surface area contributed by atoms with Crippen LogP contribution < -0.4 is 5.73 Å². The van der Waals surface area contributed by atoms with Gasteiger partial charge in [0.25, 0.3) is 0 Å². The van der Waals surface area contributed by atoms with Gasteiger partial charge in [-0.25, -0.2) is 18.4 Å². The van der Waals surface area contributed by atoms with Crippen LogP contribution in [0.2, 0.25) is 10.0 Å². The number of halogens is 2. The Morgan fingerprint density at radius 1 is 0.909 bits per heavy atom. The summed E-state index contributed by atoms with van der Waals surface area (Å²) in [5.41, 5.74) is 8.55. The Morgan fingerprint density at radius 3 is 2.30 bits per heavy atom. The second-order valence-electron chi connectivity index (χ2n) is 7.14. The molecule has 0 aliphatic heterocycles. The van der Waals surface area contributed by atoms with Crippen molar-refractivity contribution in [2.45, 2.75) is 9.79 Å². The average molecular weight is 496 g/mol. The van der Waals surface area contributed by atoms with Crippen molar-refractivity contribution in [1.29, 1.82) is 0 Å². The summed E-state index contributed by atoms with van der Waals surface area (Å²) in [5.74, 6) is -0.136. The first-order valence-corrected chi connectivity index (χ1v) is 12.0. The lowest BCUT2D eigenvalue weighted by Crippen LogP contribution is -2.07. The van der Waals surface area contributed by atoms with Crippen molar-refractivity contribution in [3.63, 3.8) is 0 Å². The molecule has 5 aromatic rings. The maximum Gasteiger partial charge on any atom is 0.214 e. The fraction of sp³-hybridized carbons (Fsp3) is 0. The maximum absolute atomic E-state index is 13.7. The van der Waals surface area contributed by atoms with Gasteiger partial charge in [0.2, 0.25) is 9.84 Å². The van der Waals surface area contributed by atoms with Gasteiger partial charge in [-0.1, -0.05) is 65.7 Å². The van der Waals surface area contributed by atoms with E-state index in [1.54, 1.807) is 24.4 Å². The highest BCUT2D eigenvalue weighted by Crippen LogP contribution is 2.38. The molecule has 164 valence electrons. The summed E-state index contributed by atoms with van der Waals surface area (Å²) in [6, 6.07) is 20.7. The topological polar surface area (TPSA) is 103 Å². The summed E-state index contributed by atoms with van der Waals surface area (Å²) < 4.78 is 28.7. The fourth-order valence-electron chi connectivity index (χ4n) is 3.46. The highest BCUT2D eigenvalue weighted by Gasteiger charge is 2.32. The van der Waals surface area contributed by atoms with Crippen molar-refractivity contribution >= 4 is 67.3 Å². The molecule has 0 aliphatic rings. The zero-order valence-electron chi connectivity index (χ0n) is 16.9. The maximum atomic E-state index is 13.7. The number of para-hydroxylation sites is 2. The van der Waals surface area contributed by atoms with Gasteiger partial charge < -0.3 is 5.73 Å². The molecule has 0 radical (unpaired) electrons. The third kappa shape index (κ3) is 3.72. The largest absolute Gasteiger partial charge is 0.382 e. The van der Waals surface area contributed by atoms with Gasteiger partial charge in [-0.05, 0) is 35.9 Å². The fourth-order valence-corrected chi connectivity index (χ4v) is 5.70. The van der Waals surface area contributed by atoms with Crippen molar-refractivity contribution in [3.8, 4) is 0 Å². The van der Waals surface area contributed by atoms with Gasteiger partial charge in [0.15, 0.2) is 5.65 Å². The number of aromatic nitrogens is 3. The Hall–Kier alpha value is -3.46. The Labute approximate surface area is 199 Å². The predicted octanol–water partition coefficient (Wildman–Crippen LogP) is 5.19. The number of sulfone groups is 1. The second-order valence-corrected chi connectivity index (χ2v) is 9.84. The lowest BCUT2D eigenvalue weighted by molar-refractivity contribution is 0.597. The van der Waals surface area contributed by atoms with E-state index in [2.05, 4.69) is 15.1 Å². The highest BCUT2D eigenvalue weighted by atomic mass is 35.5. The monoisotopic (exact) mass is 495 g/mol. The molecule has 0 amide bonds. The number of nitrogen functional groups attached to an aromatic ring is 1. The summed E-state index contributed by atoms with van der Waals surface area (Å²) >= 11 is 12.3. The highest BCUT2D eigenvalue weighted by molar-refractivity contribution is 7.92. The number of hydrogen-bond acceptors (Lipinski definition) is 6. The van der Waals surface area contributed by atoms with E-state index in [1.807, 2.05) is 36.4 Å². The van der Waals surface area contributed by atoms with Crippen molar-refractivity contribution in [1.82, 2.24) is 14.6 Å². The number of anilines is 1. The van der Waals surface area contributed by atoms with Gasteiger partial charge in [0.05, 0.1) is 27.2 Å². The Balaban J connectivity index is 1.83. The molecule has 5 rings (SSSR count). The molecule has 33 heavy (non-hydrogen) atoms. The smallest absolute Gasteiger partial charge is 0.214 e. The van der Waals surface area contributed by atoms with E-state index in [1.165, 1.54) is 22.9 Å². The molecule has 0 atom stereocenters. The number of rotatable bonds is 4. The second kappa shape index (κ2) is 8.15. The molecule has 0 aliphatic carbocycles. The third-order valence-electron chi connectivity index (χ3n) is 5.00. The van der Waals surface area contributed by atoms with Crippen LogP contribution in [0, 0.1) is 0 Å². The first-order chi connectivity index (χ1) is 15.9. The summed E-state index contributed by atoms with van der Waals surface area (Å²) in [6.07, 6.45) is 1.56. The van der Waals surface area contributed by atoms with Crippen LogP contribution in [0.4, 0.5) is 5.82 Å². The number of nitrogens with two attached hydrogens (primary N) is 1. The van der Waals surface area contributed by atoms with Crippen LogP contribution in [-0.4, -0.2) is 29.3 Å². The van der Waals surface area contributed by atoms with E-state index in [9.17, 15) is 8.42 Å². The SMILES string of the molecule is Nc1c(S(=O)(=O)c2cc(Cl)ccc2Cl)c2nc3ccccc3nc2n1/N=C\c1ccccc1. The minimum Gasteiger partial charge on any atom is -0.382 e. The minimum absolute atomic E-state index is 0.0150. The van der Waals surface area contributed by atoms with Gasteiger partial charge in [-0.2, -0.15) is 9.78 Å². The molecule has 2 N–H and O–H groups in total. The Bertz CT molecular complexity index is 1670. The van der Waals surface area contributed by atoms with Crippen molar-refractivity contribution in [2.75, 3.05) is 5.73 Å². The van der Waals surface area contributed by atoms with E-state index < -0.39 is 9.84 Å². The van der Waals surface area contributed by atoms with Gasteiger partial charge in [0.1, 0.15) is 16.2 Å². The van der Waals surface area contributed by atoms with Crippen LogP contribution in [0.15, 0.2) is 87.7 Å². The predicted molar refractivity (Wildman–Crippen MR) is 131 cm³/mol. The first-order valence-electron chi connectivity index (χ1n) is 9.72. The van der Waals surface area contributed by atoms with Crippen LogP contribution in [0.25, 0.3) is 22.2 Å². The summed E-state index contributed by atoms with van der Waals surface area (Å²) in [6.45, 7) is 0. The molecule has 0 fully saturated rings. The normalized spacial score (nSPS) is 12.2. The van der Waals surface area contributed by atoms with Gasteiger partial charge >= 0.3 is 0 Å². The van der Waals surface area contributed by atoms with Crippen molar-refractivity contribution < 1.29 is 8.42 Å². The molecule has 3 aromatic carbocycles. The molecule has 0 saturated carbocycles. The molecule has 2 aromatic heterocycles. The Morgan fingerprint density at radius 2 is 1.58 bits per heavy atom. The molecule has 0 saturated heterocycles.